The maximum atomic E-state index is 6.25. The number of fused-ring (bicyclic) bond motifs is 1. The van der Waals surface area contributed by atoms with Crippen LogP contribution in [-0.2, 0) is 0 Å². The second-order valence-corrected chi connectivity index (χ2v) is 6.03. The fourth-order valence-electron chi connectivity index (χ4n) is 2.56. The molecule has 21 heavy (non-hydrogen) atoms. The Hall–Kier alpha value is -1.44. The third-order valence-corrected chi connectivity index (χ3v) is 4.50. The van der Waals surface area contributed by atoms with Gasteiger partial charge in [0.05, 0.1) is 28.5 Å². The van der Waals surface area contributed by atoms with Crippen LogP contribution < -0.4 is 16.6 Å². The van der Waals surface area contributed by atoms with E-state index in [1.165, 1.54) is 19.3 Å². The first-order valence-corrected chi connectivity index (χ1v) is 8.11. The van der Waals surface area contributed by atoms with Crippen LogP contribution in [0.15, 0.2) is 17.1 Å². The lowest BCUT2D eigenvalue weighted by molar-refractivity contribution is 0.442. The standard InChI is InChI=1S/C13H17ClN6S/c14-9-6-7-10-12(20-21-19-10)11(9)17-13(18-15)16-8-4-2-1-3-5-8/h6-8H,1-5,15H2,(H2,16,17,18). The zero-order chi connectivity index (χ0) is 14.7. The minimum atomic E-state index is 0.309. The van der Waals surface area contributed by atoms with Gasteiger partial charge in [-0.1, -0.05) is 30.9 Å². The van der Waals surface area contributed by atoms with Gasteiger partial charge in [-0.25, -0.2) is 10.8 Å². The number of aromatic nitrogens is 2. The molecule has 1 aromatic heterocycles. The van der Waals surface area contributed by atoms with E-state index in [-0.39, 0.29) is 0 Å². The summed E-state index contributed by atoms with van der Waals surface area (Å²) in [4.78, 5) is 4.65. The highest BCUT2D eigenvalue weighted by molar-refractivity contribution is 7.00. The molecule has 1 fully saturated rings. The van der Waals surface area contributed by atoms with E-state index in [4.69, 9.17) is 17.4 Å². The van der Waals surface area contributed by atoms with E-state index in [1.54, 1.807) is 6.07 Å². The van der Waals surface area contributed by atoms with Crippen molar-refractivity contribution in [3.05, 3.63) is 17.2 Å². The molecule has 0 spiro atoms. The lowest BCUT2D eigenvalue weighted by atomic mass is 9.96. The molecule has 0 unspecified atom stereocenters. The van der Waals surface area contributed by atoms with Gasteiger partial charge in [0.1, 0.15) is 11.0 Å². The highest BCUT2D eigenvalue weighted by atomic mass is 35.5. The molecule has 1 saturated carbocycles. The summed E-state index contributed by atoms with van der Waals surface area (Å²) in [7, 11) is 0. The molecule has 8 heteroatoms. The van der Waals surface area contributed by atoms with Crippen LogP contribution in [0.3, 0.4) is 0 Å². The Morgan fingerprint density at radius 2 is 2.10 bits per heavy atom. The number of rotatable bonds is 2. The summed E-state index contributed by atoms with van der Waals surface area (Å²) in [5.74, 6) is 6.11. The van der Waals surface area contributed by atoms with Crippen LogP contribution in [0.2, 0.25) is 5.02 Å². The van der Waals surface area contributed by atoms with E-state index < -0.39 is 0 Å². The van der Waals surface area contributed by atoms with Crippen LogP contribution in [-0.4, -0.2) is 20.7 Å². The predicted molar refractivity (Wildman–Crippen MR) is 87.7 cm³/mol. The monoisotopic (exact) mass is 324 g/mol. The molecule has 3 rings (SSSR count). The zero-order valence-electron chi connectivity index (χ0n) is 11.5. The van der Waals surface area contributed by atoms with Crippen molar-refractivity contribution in [2.24, 2.45) is 10.8 Å². The zero-order valence-corrected chi connectivity index (χ0v) is 13.0. The maximum absolute atomic E-state index is 6.25. The second-order valence-electron chi connectivity index (χ2n) is 5.09. The predicted octanol–water partition coefficient (Wildman–Crippen LogP) is 2.91. The van der Waals surface area contributed by atoms with Gasteiger partial charge in [0.15, 0.2) is 0 Å². The van der Waals surface area contributed by atoms with E-state index in [9.17, 15) is 0 Å². The number of hydrogen-bond acceptors (Lipinski definition) is 5. The van der Waals surface area contributed by atoms with Crippen molar-refractivity contribution in [2.45, 2.75) is 38.1 Å². The summed E-state index contributed by atoms with van der Waals surface area (Å²) in [6.45, 7) is 0. The Labute approximate surface area is 132 Å². The molecule has 2 aromatic rings. The number of hydrogen-bond donors (Lipinski definition) is 3. The summed E-state index contributed by atoms with van der Waals surface area (Å²) in [6.07, 6.45) is 5.93. The Balaban J connectivity index is 1.86. The van der Waals surface area contributed by atoms with Crippen LogP contribution >= 0.6 is 23.3 Å². The third kappa shape index (κ3) is 3.25. The van der Waals surface area contributed by atoms with Gasteiger partial charge in [-0.15, -0.1) is 0 Å². The number of benzene rings is 1. The number of nitrogens with one attached hydrogen (secondary N) is 2. The van der Waals surface area contributed by atoms with Crippen molar-refractivity contribution in [2.75, 3.05) is 5.32 Å². The Morgan fingerprint density at radius 3 is 2.86 bits per heavy atom. The topological polar surface area (TPSA) is 88.2 Å². The Morgan fingerprint density at radius 1 is 1.29 bits per heavy atom. The molecule has 4 N–H and O–H groups in total. The summed E-state index contributed by atoms with van der Waals surface area (Å²) >= 11 is 7.41. The third-order valence-electron chi connectivity index (χ3n) is 3.64. The lowest BCUT2D eigenvalue weighted by Crippen LogP contribution is -2.37. The van der Waals surface area contributed by atoms with Crippen molar-refractivity contribution in [1.82, 2.24) is 14.2 Å². The van der Waals surface area contributed by atoms with E-state index in [2.05, 4.69) is 24.5 Å². The fraction of sp³-hybridized carbons (Fsp3) is 0.462. The molecule has 1 aromatic carbocycles. The van der Waals surface area contributed by atoms with Gasteiger partial charge in [-0.2, -0.15) is 8.75 Å². The van der Waals surface area contributed by atoms with Gasteiger partial charge in [0.25, 0.3) is 0 Å². The molecule has 0 radical (unpaired) electrons. The summed E-state index contributed by atoms with van der Waals surface area (Å²) in [5.41, 5.74) is 4.85. The largest absolute Gasteiger partial charge is 0.322 e. The molecule has 1 heterocycles. The molecule has 0 saturated heterocycles. The Kier molecular flexibility index (Phi) is 4.52. The molecular formula is C13H17ClN6S. The van der Waals surface area contributed by atoms with Crippen LogP contribution in [0.25, 0.3) is 11.0 Å². The second kappa shape index (κ2) is 6.55. The molecule has 1 aliphatic rings. The quantitative estimate of drug-likeness (QED) is 0.342. The molecule has 0 amide bonds. The minimum Gasteiger partial charge on any atom is -0.322 e. The van der Waals surface area contributed by atoms with Gasteiger partial charge in [0, 0.05) is 0 Å². The minimum absolute atomic E-state index is 0.309. The first kappa shape index (κ1) is 14.5. The highest BCUT2D eigenvalue weighted by Crippen LogP contribution is 2.30. The number of guanidine groups is 1. The summed E-state index contributed by atoms with van der Waals surface area (Å²) in [5, 5.41) is 3.73. The SMILES string of the molecule is NNC(=NC1CCCCC1)Nc1c(Cl)ccc2nsnc12. The number of nitrogens with zero attached hydrogens (tertiary/aromatic N) is 3. The first-order chi connectivity index (χ1) is 10.3. The smallest absolute Gasteiger partial charge is 0.210 e. The fourth-order valence-corrected chi connectivity index (χ4v) is 3.30. The molecule has 0 aliphatic heterocycles. The van der Waals surface area contributed by atoms with Gasteiger partial charge in [0.2, 0.25) is 5.96 Å². The van der Waals surface area contributed by atoms with Crippen molar-refractivity contribution in [1.29, 1.82) is 0 Å². The van der Waals surface area contributed by atoms with Crippen LogP contribution in [0.5, 0.6) is 0 Å². The van der Waals surface area contributed by atoms with Gasteiger partial charge >= 0.3 is 0 Å². The van der Waals surface area contributed by atoms with Gasteiger partial charge < -0.3 is 5.32 Å². The van der Waals surface area contributed by atoms with E-state index in [0.717, 1.165) is 35.6 Å². The van der Waals surface area contributed by atoms with Crippen molar-refractivity contribution in [3.63, 3.8) is 0 Å². The number of anilines is 1. The molecule has 6 nitrogen and oxygen atoms in total. The first-order valence-electron chi connectivity index (χ1n) is 7.00. The van der Waals surface area contributed by atoms with E-state index in [1.807, 2.05) is 6.07 Å². The van der Waals surface area contributed by atoms with Crippen molar-refractivity contribution < 1.29 is 0 Å². The highest BCUT2D eigenvalue weighted by Gasteiger charge is 2.15. The molecule has 0 atom stereocenters. The van der Waals surface area contributed by atoms with E-state index in [0.29, 0.717) is 22.7 Å². The molecular weight excluding hydrogens is 308 g/mol. The summed E-state index contributed by atoms with van der Waals surface area (Å²) < 4.78 is 8.48. The average molecular weight is 325 g/mol. The van der Waals surface area contributed by atoms with Crippen molar-refractivity contribution in [3.8, 4) is 0 Å². The van der Waals surface area contributed by atoms with Gasteiger partial charge in [-0.05, 0) is 25.0 Å². The normalized spacial score (nSPS) is 17.1. The lowest BCUT2D eigenvalue weighted by Gasteiger charge is -2.19. The van der Waals surface area contributed by atoms with Crippen LogP contribution in [0.1, 0.15) is 32.1 Å². The Bertz CT molecular complexity index is 649. The maximum Gasteiger partial charge on any atom is 0.210 e. The molecule has 112 valence electrons. The number of halogens is 1. The summed E-state index contributed by atoms with van der Waals surface area (Å²) in [6, 6.07) is 3.95. The number of hydrazine groups is 1. The number of nitrogens with two attached hydrogens (primary N) is 1. The molecule has 1 aliphatic carbocycles. The average Bonchev–Trinajstić information content (AvgIpc) is 2.99. The number of aliphatic imine (C=N–C) groups is 1. The van der Waals surface area contributed by atoms with E-state index >= 15 is 0 Å². The van der Waals surface area contributed by atoms with Gasteiger partial charge in [-0.3, -0.25) is 5.43 Å². The molecule has 0 bridgehead atoms. The van der Waals surface area contributed by atoms with Crippen LogP contribution in [0, 0.1) is 0 Å². The van der Waals surface area contributed by atoms with Crippen LogP contribution in [0.4, 0.5) is 5.69 Å². The van der Waals surface area contributed by atoms with Crippen molar-refractivity contribution >= 4 is 46.0 Å².